The number of hydrogen-bond acceptors (Lipinski definition) is 3. The van der Waals surface area contributed by atoms with Crippen molar-refractivity contribution in [3.63, 3.8) is 0 Å². The Bertz CT molecular complexity index is 348. The summed E-state index contributed by atoms with van der Waals surface area (Å²) in [6, 6.07) is 8.39. The van der Waals surface area contributed by atoms with E-state index in [-0.39, 0.29) is 12.3 Å². The highest BCUT2D eigenvalue weighted by molar-refractivity contribution is 5.80. The van der Waals surface area contributed by atoms with Gasteiger partial charge in [0.1, 0.15) is 5.78 Å². The van der Waals surface area contributed by atoms with Crippen LogP contribution in [-0.2, 0) is 11.2 Å². The molecule has 0 spiro atoms. The number of anilines is 1. The maximum atomic E-state index is 11.0. The Labute approximate surface area is 97.2 Å². The molecule has 0 aliphatic carbocycles. The Balaban J connectivity index is 2.48. The van der Waals surface area contributed by atoms with Crippen LogP contribution in [0.5, 0.6) is 0 Å². The molecular formula is C13H20N2O. The quantitative estimate of drug-likeness (QED) is 0.792. The molecule has 16 heavy (non-hydrogen) atoms. The minimum atomic E-state index is 0.142. The average molecular weight is 220 g/mol. The molecule has 0 aromatic heterocycles. The number of ketones is 1. The number of Topliss-reactive ketones (excluding diaryl/α,β-unsaturated/α-hetero) is 1. The second kappa shape index (κ2) is 6.28. The third-order valence-electron chi connectivity index (χ3n) is 2.58. The van der Waals surface area contributed by atoms with Crippen molar-refractivity contribution in [2.75, 3.05) is 25.5 Å². The molecule has 1 aromatic rings. The normalized spacial score (nSPS) is 10.2. The number of rotatable bonds is 6. The summed E-state index contributed by atoms with van der Waals surface area (Å²) in [5.74, 6) is 0.142. The van der Waals surface area contributed by atoms with Gasteiger partial charge in [0.2, 0.25) is 0 Å². The van der Waals surface area contributed by atoms with Crippen molar-refractivity contribution >= 4 is 11.5 Å². The van der Waals surface area contributed by atoms with E-state index >= 15 is 0 Å². The van der Waals surface area contributed by atoms with Crippen LogP contribution in [0.1, 0.15) is 18.4 Å². The molecule has 88 valence electrons. The molecule has 0 saturated carbocycles. The molecule has 0 heterocycles. The third kappa shape index (κ3) is 4.03. The Morgan fingerprint density at radius 2 is 2.12 bits per heavy atom. The predicted molar refractivity (Wildman–Crippen MR) is 67.8 cm³/mol. The fourth-order valence-corrected chi connectivity index (χ4v) is 1.58. The van der Waals surface area contributed by atoms with E-state index in [4.69, 9.17) is 5.73 Å². The molecule has 0 fully saturated rings. The van der Waals surface area contributed by atoms with Gasteiger partial charge in [-0.1, -0.05) is 12.1 Å². The van der Waals surface area contributed by atoms with Crippen molar-refractivity contribution in [3.05, 3.63) is 29.8 Å². The monoisotopic (exact) mass is 220 g/mol. The van der Waals surface area contributed by atoms with Crippen LogP contribution in [0.3, 0.4) is 0 Å². The van der Waals surface area contributed by atoms with Crippen LogP contribution < -0.4 is 10.6 Å². The fourth-order valence-electron chi connectivity index (χ4n) is 1.58. The minimum Gasteiger partial charge on any atom is -0.378 e. The molecule has 0 radical (unpaired) electrons. The first-order valence-corrected chi connectivity index (χ1v) is 5.61. The molecule has 1 rings (SSSR count). The van der Waals surface area contributed by atoms with Gasteiger partial charge in [0, 0.05) is 26.2 Å². The van der Waals surface area contributed by atoms with E-state index < -0.39 is 0 Å². The summed E-state index contributed by atoms with van der Waals surface area (Å²) in [4.78, 5) is 13.1. The molecule has 3 heteroatoms. The Kier molecular flexibility index (Phi) is 4.99. The van der Waals surface area contributed by atoms with Crippen LogP contribution in [0.25, 0.3) is 0 Å². The molecule has 0 aliphatic rings. The summed E-state index contributed by atoms with van der Waals surface area (Å²) >= 11 is 0. The first kappa shape index (κ1) is 12.7. The second-order valence-corrected chi connectivity index (χ2v) is 4.16. The Morgan fingerprint density at radius 1 is 1.38 bits per heavy atom. The molecule has 0 amide bonds. The number of aryl methyl sites for hydroxylation is 1. The molecular weight excluding hydrogens is 200 g/mol. The smallest absolute Gasteiger partial charge is 0.146 e. The number of carbonyl (C=O) groups is 1. The molecule has 3 nitrogen and oxygen atoms in total. The minimum absolute atomic E-state index is 0.142. The zero-order chi connectivity index (χ0) is 12.0. The van der Waals surface area contributed by atoms with E-state index in [0.717, 1.165) is 12.8 Å². The SMILES string of the molecule is CN(C)c1cccc(CCCC(=O)CN)c1. The lowest BCUT2D eigenvalue weighted by molar-refractivity contribution is -0.117. The van der Waals surface area contributed by atoms with Gasteiger partial charge in [0.25, 0.3) is 0 Å². The van der Waals surface area contributed by atoms with Crippen molar-refractivity contribution in [3.8, 4) is 0 Å². The lowest BCUT2D eigenvalue weighted by atomic mass is 10.1. The van der Waals surface area contributed by atoms with Crippen molar-refractivity contribution in [2.24, 2.45) is 5.73 Å². The maximum Gasteiger partial charge on any atom is 0.146 e. The highest BCUT2D eigenvalue weighted by Gasteiger charge is 2.01. The van der Waals surface area contributed by atoms with E-state index in [1.165, 1.54) is 11.3 Å². The van der Waals surface area contributed by atoms with Gasteiger partial charge in [0.15, 0.2) is 0 Å². The van der Waals surface area contributed by atoms with Gasteiger partial charge in [-0.05, 0) is 30.5 Å². The van der Waals surface area contributed by atoms with E-state index in [1.807, 2.05) is 14.1 Å². The summed E-state index contributed by atoms with van der Waals surface area (Å²) in [5.41, 5.74) is 7.73. The van der Waals surface area contributed by atoms with Crippen LogP contribution in [-0.4, -0.2) is 26.4 Å². The molecule has 0 unspecified atom stereocenters. The van der Waals surface area contributed by atoms with Gasteiger partial charge in [-0.2, -0.15) is 0 Å². The zero-order valence-corrected chi connectivity index (χ0v) is 10.1. The van der Waals surface area contributed by atoms with Crippen molar-refractivity contribution in [1.29, 1.82) is 0 Å². The zero-order valence-electron chi connectivity index (χ0n) is 10.1. The van der Waals surface area contributed by atoms with E-state index in [2.05, 4.69) is 29.2 Å². The number of hydrogen-bond donors (Lipinski definition) is 1. The van der Waals surface area contributed by atoms with Crippen LogP contribution >= 0.6 is 0 Å². The van der Waals surface area contributed by atoms with Crippen LogP contribution in [0.4, 0.5) is 5.69 Å². The molecule has 1 aromatic carbocycles. The first-order chi connectivity index (χ1) is 7.63. The van der Waals surface area contributed by atoms with E-state index in [1.54, 1.807) is 0 Å². The molecule has 0 atom stereocenters. The number of nitrogens with zero attached hydrogens (tertiary/aromatic N) is 1. The van der Waals surface area contributed by atoms with Crippen molar-refractivity contribution in [2.45, 2.75) is 19.3 Å². The highest BCUT2D eigenvalue weighted by Crippen LogP contribution is 2.15. The summed E-state index contributed by atoms with van der Waals surface area (Å²) in [6.45, 7) is 0.164. The van der Waals surface area contributed by atoms with Crippen molar-refractivity contribution < 1.29 is 4.79 Å². The number of carbonyl (C=O) groups excluding carboxylic acids is 1. The fraction of sp³-hybridized carbons (Fsp3) is 0.462. The maximum absolute atomic E-state index is 11.0. The highest BCUT2D eigenvalue weighted by atomic mass is 16.1. The average Bonchev–Trinajstić information content (AvgIpc) is 2.29. The topological polar surface area (TPSA) is 46.3 Å². The van der Waals surface area contributed by atoms with E-state index in [0.29, 0.717) is 6.42 Å². The standard InChI is InChI=1S/C13H20N2O/c1-15(2)12-7-3-5-11(9-12)6-4-8-13(16)10-14/h3,5,7,9H,4,6,8,10,14H2,1-2H3. The van der Waals surface area contributed by atoms with Gasteiger partial charge >= 0.3 is 0 Å². The number of benzene rings is 1. The summed E-state index contributed by atoms with van der Waals surface area (Å²) in [7, 11) is 4.05. The predicted octanol–water partition coefficient (Wildman–Crippen LogP) is 1.60. The van der Waals surface area contributed by atoms with Gasteiger partial charge < -0.3 is 10.6 Å². The van der Waals surface area contributed by atoms with Crippen LogP contribution in [0.15, 0.2) is 24.3 Å². The van der Waals surface area contributed by atoms with Crippen LogP contribution in [0, 0.1) is 0 Å². The van der Waals surface area contributed by atoms with Gasteiger partial charge in [0.05, 0.1) is 6.54 Å². The lowest BCUT2D eigenvalue weighted by Crippen LogP contribution is -2.13. The molecule has 0 aliphatic heterocycles. The Hall–Kier alpha value is -1.35. The summed E-state index contributed by atoms with van der Waals surface area (Å²) in [6.07, 6.45) is 2.41. The molecule has 0 saturated heterocycles. The van der Waals surface area contributed by atoms with Crippen LogP contribution in [0.2, 0.25) is 0 Å². The van der Waals surface area contributed by atoms with Crippen molar-refractivity contribution in [1.82, 2.24) is 0 Å². The van der Waals surface area contributed by atoms with E-state index in [9.17, 15) is 4.79 Å². The third-order valence-corrected chi connectivity index (χ3v) is 2.58. The number of nitrogens with two attached hydrogens (primary N) is 1. The molecule has 2 N–H and O–H groups in total. The Morgan fingerprint density at radius 3 is 2.75 bits per heavy atom. The second-order valence-electron chi connectivity index (χ2n) is 4.16. The first-order valence-electron chi connectivity index (χ1n) is 5.61. The lowest BCUT2D eigenvalue weighted by Gasteiger charge is -2.13. The van der Waals surface area contributed by atoms with Gasteiger partial charge in [-0.15, -0.1) is 0 Å². The van der Waals surface area contributed by atoms with Gasteiger partial charge in [-0.25, -0.2) is 0 Å². The summed E-state index contributed by atoms with van der Waals surface area (Å²) < 4.78 is 0. The van der Waals surface area contributed by atoms with Gasteiger partial charge in [-0.3, -0.25) is 4.79 Å². The largest absolute Gasteiger partial charge is 0.378 e. The molecule has 0 bridgehead atoms. The summed E-state index contributed by atoms with van der Waals surface area (Å²) in [5, 5.41) is 0.